The van der Waals surface area contributed by atoms with Gasteiger partial charge in [0.2, 0.25) is 5.75 Å². The fourth-order valence-corrected chi connectivity index (χ4v) is 2.79. The van der Waals surface area contributed by atoms with Gasteiger partial charge in [0.05, 0.1) is 31.3 Å². The Bertz CT molecular complexity index is 531. The first-order valence-electron chi connectivity index (χ1n) is 5.11. The van der Waals surface area contributed by atoms with Gasteiger partial charge < -0.3 is 14.2 Å². The lowest BCUT2D eigenvalue weighted by Crippen LogP contribution is -1.95. The smallest absolute Gasteiger partial charge is 0.203 e. The van der Waals surface area contributed by atoms with Crippen LogP contribution in [0.4, 0.5) is 0 Å². The maximum atomic E-state index is 5.31. The van der Waals surface area contributed by atoms with Crippen LogP contribution in [-0.2, 0) is 0 Å². The first-order valence-corrected chi connectivity index (χ1v) is 6.72. The summed E-state index contributed by atoms with van der Waals surface area (Å²) < 4.78 is 16.9. The number of benzene rings is 1. The van der Waals surface area contributed by atoms with Crippen molar-refractivity contribution < 1.29 is 14.2 Å². The summed E-state index contributed by atoms with van der Waals surface area (Å²) in [7, 11) is 4.78. The predicted molar refractivity (Wildman–Crippen MR) is 74.9 cm³/mol. The van der Waals surface area contributed by atoms with Crippen LogP contribution in [0, 0.1) is 0 Å². The molecule has 1 aromatic heterocycles. The van der Waals surface area contributed by atoms with Crippen LogP contribution < -0.4 is 14.2 Å². The molecule has 0 N–H and O–H groups in total. The highest BCUT2D eigenvalue weighted by molar-refractivity contribution is 9.11. The highest BCUT2D eigenvalue weighted by Crippen LogP contribution is 2.42. The number of ether oxygens (including phenoxy) is 3. The summed E-state index contributed by atoms with van der Waals surface area (Å²) in [5.74, 6) is 1.83. The van der Waals surface area contributed by atoms with E-state index >= 15 is 0 Å². The number of rotatable bonds is 4. The quantitative estimate of drug-likeness (QED) is 0.859. The molecule has 6 heteroatoms. The normalized spacial score (nSPS) is 10.2. The van der Waals surface area contributed by atoms with E-state index in [-0.39, 0.29) is 0 Å². The van der Waals surface area contributed by atoms with Crippen molar-refractivity contribution in [2.75, 3.05) is 21.3 Å². The van der Waals surface area contributed by atoms with E-state index in [4.69, 9.17) is 14.2 Å². The van der Waals surface area contributed by atoms with Crippen LogP contribution >= 0.6 is 27.3 Å². The molecule has 0 unspecified atom stereocenters. The summed E-state index contributed by atoms with van der Waals surface area (Å²) in [6, 6.07) is 3.76. The molecule has 0 fully saturated rings. The molecule has 2 rings (SSSR count). The standard InChI is InChI=1S/C12H12BrNO3S/c1-15-8-4-7(12-14-6-10(13)18-12)5-9(16-2)11(8)17-3/h4-6H,1-3H3. The molecule has 1 aromatic carbocycles. The molecular weight excluding hydrogens is 318 g/mol. The SMILES string of the molecule is COc1cc(-c2ncc(Br)s2)cc(OC)c1OC. The summed E-state index contributed by atoms with van der Waals surface area (Å²) in [6.45, 7) is 0. The summed E-state index contributed by atoms with van der Waals surface area (Å²) in [5, 5.41) is 0.890. The van der Waals surface area contributed by atoms with Crippen LogP contribution in [0.3, 0.4) is 0 Å². The lowest BCUT2D eigenvalue weighted by molar-refractivity contribution is 0.324. The van der Waals surface area contributed by atoms with E-state index in [1.54, 1.807) is 38.9 Å². The fourth-order valence-electron chi connectivity index (χ4n) is 1.59. The average Bonchev–Trinajstić information content (AvgIpc) is 2.83. The number of aromatic nitrogens is 1. The van der Waals surface area contributed by atoms with Crippen LogP contribution in [0.1, 0.15) is 0 Å². The van der Waals surface area contributed by atoms with E-state index in [0.717, 1.165) is 14.4 Å². The van der Waals surface area contributed by atoms with E-state index in [1.165, 1.54) is 0 Å². The van der Waals surface area contributed by atoms with Gasteiger partial charge in [-0.05, 0) is 28.1 Å². The minimum Gasteiger partial charge on any atom is -0.493 e. The summed E-state index contributed by atoms with van der Waals surface area (Å²) in [5.41, 5.74) is 0.931. The van der Waals surface area contributed by atoms with Crippen molar-refractivity contribution in [2.24, 2.45) is 0 Å². The van der Waals surface area contributed by atoms with E-state index in [1.807, 2.05) is 12.1 Å². The third kappa shape index (κ3) is 2.44. The van der Waals surface area contributed by atoms with Crippen molar-refractivity contribution in [1.29, 1.82) is 0 Å². The van der Waals surface area contributed by atoms with Crippen molar-refractivity contribution >= 4 is 27.3 Å². The summed E-state index contributed by atoms with van der Waals surface area (Å²) in [4.78, 5) is 4.31. The molecule has 0 aliphatic carbocycles. The van der Waals surface area contributed by atoms with E-state index in [9.17, 15) is 0 Å². The Hall–Kier alpha value is -1.27. The minimum absolute atomic E-state index is 0.583. The Labute approximate surface area is 118 Å². The second kappa shape index (κ2) is 5.58. The molecule has 0 radical (unpaired) electrons. The third-order valence-corrected chi connectivity index (χ3v) is 3.91. The number of hydrogen-bond donors (Lipinski definition) is 0. The van der Waals surface area contributed by atoms with Gasteiger partial charge in [-0.3, -0.25) is 0 Å². The second-order valence-electron chi connectivity index (χ2n) is 3.38. The zero-order valence-electron chi connectivity index (χ0n) is 10.2. The number of nitrogens with zero attached hydrogens (tertiary/aromatic N) is 1. The average molecular weight is 330 g/mol. The number of halogens is 1. The molecule has 0 amide bonds. The second-order valence-corrected chi connectivity index (χ2v) is 5.79. The molecule has 96 valence electrons. The van der Waals surface area contributed by atoms with Gasteiger partial charge in [0, 0.05) is 5.56 Å². The van der Waals surface area contributed by atoms with Crippen molar-refractivity contribution in [2.45, 2.75) is 0 Å². The molecule has 0 atom stereocenters. The monoisotopic (exact) mass is 329 g/mol. The van der Waals surface area contributed by atoms with Gasteiger partial charge in [-0.25, -0.2) is 4.98 Å². The first-order chi connectivity index (χ1) is 8.69. The Morgan fingerprint density at radius 1 is 1.06 bits per heavy atom. The zero-order valence-corrected chi connectivity index (χ0v) is 12.6. The van der Waals surface area contributed by atoms with Crippen LogP contribution in [0.5, 0.6) is 17.2 Å². The van der Waals surface area contributed by atoms with Crippen LogP contribution in [0.15, 0.2) is 22.1 Å². The first kappa shape index (κ1) is 13.2. The van der Waals surface area contributed by atoms with Crippen LogP contribution in [-0.4, -0.2) is 26.3 Å². The van der Waals surface area contributed by atoms with Crippen molar-refractivity contribution in [3.8, 4) is 27.8 Å². The largest absolute Gasteiger partial charge is 0.493 e. The highest BCUT2D eigenvalue weighted by Gasteiger charge is 2.15. The molecule has 0 aliphatic rings. The number of methoxy groups -OCH3 is 3. The third-order valence-electron chi connectivity index (χ3n) is 2.39. The maximum absolute atomic E-state index is 5.31. The van der Waals surface area contributed by atoms with Gasteiger partial charge in [-0.1, -0.05) is 0 Å². The topological polar surface area (TPSA) is 40.6 Å². The van der Waals surface area contributed by atoms with E-state index in [2.05, 4.69) is 20.9 Å². The molecule has 2 aromatic rings. The fraction of sp³-hybridized carbons (Fsp3) is 0.250. The van der Waals surface area contributed by atoms with Gasteiger partial charge in [-0.15, -0.1) is 11.3 Å². The van der Waals surface area contributed by atoms with Gasteiger partial charge in [0.15, 0.2) is 11.5 Å². The molecule has 0 saturated heterocycles. The maximum Gasteiger partial charge on any atom is 0.203 e. The highest BCUT2D eigenvalue weighted by atomic mass is 79.9. The molecule has 0 saturated carbocycles. The van der Waals surface area contributed by atoms with E-state index in [0.29, 0.717) is 17.2 Å². The zero-order chi connectivity index (χ0) is 13.1. The molecule has 0 bridgehead atoms. The van der Waals surface area contributed by atoms with Gasteiger partial charge in [0.1, 0.15) is 5.01 Å². The van der Waals surface area contributed by atoms with Crippen molar-refractivity contribution in [3.05, 3.63) is 22.1 Å². The molecule has 4 nitrogen and oxygen atoms in total. The minimum atomic E-state index is 0.583. The molecule has 18 heavy (non-hydrogen) atoms. The predicted octanol–water partition coefficient (Wildman–Crippen LogP) is 3.60. The van der Waals surface area contributed by atoms with Crippen LogP contribution in [0.25, 0.3) is 10.6 Å². The Morgan fingerprint density at radius 2 is 1.67 bits per heavy atom. The van der Waals surface area contributed by atoms with Gasteiger partial charge in [-0.2, -0.15) is 0 Å². The Morgan fingerprint density at radius 3 is 2.06 bits per heavy atom. The molecule has 0 spiro atoms. The lowest BCUT2D eigenvalue weighted by Gasteiger charge is -2.13. The summed E-state index contributed by atoms with van der Waals surface area (Å²) in [6.07, 6.45) is 1.77. The Balaban J connectivity index is 2.56. The number of hydrogen-bond acceptors (Lipinski definition) is 5. The van der Waals surface area contributed by atoms with Gasteiger partial charge in [0.25, 0.3) is 0 Å². The lowest BCUT2D eigenvalue weighted by atomic mass is 10.2. The summed E-state index contributed by atoms with van der Waals surface area (Å²) >= 11 is 4.94. The van der Waals surface area contributed by atoms with Crippen molar-refractivity contribution in [1.82, 2.24) is 4.98 Å². The van der Waals surface area contributed by atoms with Crippen LogP contribution in [0.2, 0.25) is 0 Å². The molecule has 1 heterocycles. The molecular formula is C12H12BrNO3S. The van der Waals surface area contributed by atoms with Crippen molar-refractivity contribution in [3.63, 3.8) is 0 Å². The number of thiazole rings is 1. The van der Waals surface area contributed by atoms with E-state index < -0.39 is 0 Å². The Kier molecular flexibility index (Phi) is 4.08. The molecule has 0 aliphatic heterocycles. The van der Waals surface area contributed by atoms with Gasteiger partial charge >= 0.3 is 0 Å².